The molecule has 3 aromatic rings. The van der Waals surface area contributed by atoms with Crippen molar-refractivity contribution < 1.29 is 23.8 Å². The molecule has 1 aliphatic rings. The summed E-state index contributed by atoms with van der Waals surface area (Å²) in [6, 6.07) is 10.4. The van der Waals surface area contributed by atoms with E-state index in [0.717, 1.165) is 57.3 Å². The number of pyridine rings is 1. The summed E-state index contributed by atoms with van der Waals surface area (Å²) in [4.78, 5) is 32.4. The largest absolute Gasteiger partial charge is 0.459 e. The number of methoxy groups -OCH3 is 1. The summed E-state index contributed by atoms with van der Waals surface area (Å²) in [5, 5.41) is 1.11. The Morgan fingerprint density at radius 1 is 1.14 bits per heavy atom. The maximum absolute atomic E-state index is 13.3. The van der Waals surface area contributed by atoms with Crippen molar-refractivity contribution in [1.29, 1.82) is 0 Å². The molecule has 1 aliphatic heterocycles. The number of esters is 1. The van der Waals surface area contributed by atoms with Gasteiger partial charge in [-0.2, -0.15) is 0 Å². The van der Waals surface area contributed by atoms with E-state index in [1.807, 2.05) is 47.6 Å². The van der Waals surface area contributed by atoms with Crippen LogP contribution in [0.3, 0.4) is 0 Å². The minimum atomic E-state index is -0.782. The van der Waals surface area contributed by atoms with Gasteiger partial charge in [-0.1, -0.05) is 15.9 Å². The maximum atomic E-state index is 13.3. The van der Waals surface area contributed by atoms with Gasteiger partial charge in [0.2, 0.25) is 0 Å². The van der Waals surface area contributed by atoms with Gasteiger partial charge in [-0.15, -0.1) is 0 Å². The first kappa shape index (κ1) is 33.0. The number of piperidine rings is 1. The second-order valence-corrected chi connectivity index (χ2v) is 14.0. The molecule has 0 bridgehead atoms. The van der Waals surface area contributed by atoms with Gasteiger partial charge in [0.25, 0.3) is 0 Å². The second kappa shape index (κ2) is 13.4. The normalized spacial score (nSPS) is 16.8. The number of rotatable bonds is 9. The molecule has 8 nitrogen and oxygen atoms in total. The summed E-state index contributed by atoms with van der Waals surface area (Å²) in [5.74, 6) is -0.218. The first-order valence-electron chi connectivity index (χ1n) is 15.2. The minimum Gasteiger partial charge on any atom is -0.459 e. The molecular formula is C34H46BrN3O5. The van der Waals surface area contributed by atoms with E-state index in [9.17, 15) is 9.59 Å². The van der Waals surface area contributed by atoms with E-state index in [4.69, 9.17) is 19.2 Å². The van der Waals surface area contributed by atoms with Crippen molar-refractivity contribution in [3.05, 3.63) is 52.3 Å². The smallest absolute Gasteiger partial charge is 0.410 e. The number of carbonyl (C=O) groups is 2. The van der Waals surface area contributed by atoms with Crippen molar-refractivity contribution in [2.24, 2.45) is 5.92 Å². The average molecular weight is 657 g/mol. The van der Waals surface area contributed by atoms with Crippen LogP contribution < -0.4 is 0 Å². The number of aryl methyl sites for hydroxylation is 1. The quantitative estimate of drug-likeness (QED) is 0.217. The molecule has 1 aromatic carbocycles. The third-order valence-corrected chi connectivity index (χ3v) is 8.39. The number of aromatic nitrogens is 2. The van der Waals surface area contributed by atoms with Crippen molar-refractivity contribution in [3.8, 4) is 11.3 Å². The van der Waals surface area contributed by atoms with Crippen molar-refractivity contribution in [2.45, 2.75) is 98.0 Å². The molecule has 2 aromatic heterocycles. The number of likely N-dealkylation sites (tertiary alicyclic amines) is 1. The molecule has 0 unspecified atom stereocenters. The Morgan fingerprint density at radius 3 is 2.56 bits per heavy atom. The fourth-order valence-electron chi connectivity index (χ4n) is 6.04. The molecule has 0 spiro atoms. The number of amides is 1. The average Bonchev–Trinajstić information content (AvgIpc) is 3.22. The Hall–Kier alpha value is -2.91. The van der Waals surface area contributed by atoms with Gasteiger partial charge < -0.3 is 23.7 Å². The number of carbonyl (C=O) groups excluding carboxylic acids is 2. The predicted octanol–water partition coefficient (Wildman–Crippen LogP) is 8.09. The lowest BCUT2D eigenvalue weighted by molar-refractivity contribution is -0.157. The zero-order chi connectivity index (χ0) is 31.5. The van der Waals surface area contributed by atoms with Gasteiger partial charge in [0.1, 0.15) is 11.2 Å². The van der Waals surface area contributed by atoms with Gasteiger partial charge >= 0.3 is 12.1 Å². The Labute approximate surface area is 264 Å². The van der Waals surface area contributed by atoms with Crippen LogP contribution in [0.15, 0.2) is 41.0 Å². The summed E-state index contributed by atoms with van der Waals surface area (Å²) in [5.41, 5.74) is 3.81. The number of nitrogens with zero attached hydrogens (tertiary/aromatic N) is 3. The van der Waals surface area contributed by atoms with Gasteiger partial charge in [-0.3, -0.25) is 9.78 Å². The van der Waals surface area contributed by atoms with Crippen LogP contribution in [0.1, 0.15) is 85.1 Å². The molecule has 0 N–H and O–H groups in total. The van der Waals surface area contributed by atoms with E-state index >= 15 is 0 Å². The lowest BCUT2D eigenvalue weighted by Gasteiger charge is -2.34. The van der Waals surface area contributed by atoms with Crippen LogP contribution in [-0.4, -0.2) is 57.9 Å². The molecule has 0 aliphatic carbocycles. The lowest BCUT2D eigenvalue weighted by Crippen LogP contribution is -2.43. The van der Waals surface area contributed by atoms with E-state index in [1.54, 1.807) is 18.2 Å². The predicted molar refractivity (Wildman–Crippen MR) is 173 cm³/mol. The second-order valence-electron chi connectivity index (χ2n) is 13.1. The van der Waals surface area contributed by atoms with Crippen LogP contribution in [0.4, 0.5) is 4.79 Å². The van der Waals surface area contributed by atoms with Gasteiger partial charge in [0, 0.05) is 60.3 Å². The standard InChI is InChI=1S/C34H46BrN3O5/c1-9-38-28-15-14-24(35)19-26(28)27(31(38)25-13-10-16-36-30(25)22(2)41-8)20-34(6,7)42-29(39)18-23-12-11-17-37(21-23)32(40)43-33(3,4)5/h10,13-16,19,22-23H,9,11-12,17-18,20-21H2,1-8H3/t22-,23-/m0/s1. The maximum Gasteiger partial charge on any atom is 0.410 e. The third kappa shape index (κ3) is 7.98. The number of benzene rings is 1. The summed E-state index contributed by atoms with van der Waals surface area (Å²) >= 11 is 3.67. The van der Waals surface area contributed by atoms with Gasteiger partial charge in [-0.25, -0.2) is 4.79 Å². The van der Waals surface area contributed by atoms with Crippen LogP contribution in [-0.2, 0) is 32.0 Å². The Kier molecular flexibility index (Phi) is 10.3. The van der Waals surface area contributed by atoms with E-state index in [1.165, 1.54) is 0 Å². The molecule has 4 rings (SSSR count). The van der Waals surface area contributed by atoms with Crippen LogP contribution in [0.25, 0.3) is 22.2 Å². The molecule has 0 radical (unpaired) electrons. The van der Waals surface area contributed by atoms with Crippen LogP contribution in [0, 0.1) is 5.92 Å². The minimum absolute atomic E-state index is 0.0339. The zero-order valence-electron chi connectivity index (χ0n) is 26.8. The molecule has 1 fully saturated rings. The third-order valence-electron chi connectivity index (χ3n) is 7.90. The van der Waals surface area contributed by atoms with Crippen LogP contribution >= 0.6 is 15.9 Å². The molecule has 1 amide bonds. The monoisotopic (exact) mass is 655 g/mol. The molecule has 1 saturated heterocycles. The first-order chi connectivity index (χ1) is 20.2. The Bertz CT molecular complexity index is 1460. The number of halogens is 1. The van der Waals surface area contributed by atoms with Crippen LogP contribution in [0.5, 0.6) is 0 Å². The molecule has 9 heteroatoms. The summed E-state index contributed by atoms with van der Waals surface area (Å²) in [6.07, 6.45) is 3.76. The Morgan fingerprint density at radius 2 is 1.88 bits per heavy atom. The summed E-state index contributed by atoms with van der Waals surface area (Å²) < 4.78 is 20.8. The summed E-state index contributed by atoms with van der Waals surface area (Å²) in [6.45, 7) is 15.6. The fourth-order valence-corrected chi connectivity index (χ4v) is 6.40. The molecule has 2 atom stereocenters. The van der Waals surface area contributed by atoms with Crippen molar-refractivity contribution >= 4 is 38.9 Å². The summed E-state index contributed by atoms with van der Waals surface area (Å²) in [7, 11) is 1.69. The molecule has 234 valence electrons. The molecular weight excluding hydrogens is 610 g/mol. The SMILES string of the molecule is CCn1c(-c2cccnc2[C@H](C)OC)c(CC(C)(C)OC(=O)C[C@@H]2CCCN(C(=O)OC(C)(C)C)C2)c2cc(Br)ccc21. The molecule has 43 heavy (non-hydrogen) atoms. The van der Waals surface area contributed by atoms with Gasteiger partial charge in [0.15, 0.2) is 0 Å². The fraction of sp³-hybridized carbons (Fsp3) is 0.559. The van der Waals surface area contributed by atoms with E-state index in [-0.39, 0.29) is 30.5 Å². The first-order valence-corrected chi connectivity index (χ1v) is 16.0. The van der Waals surface area contributed by atoms with Gasteiger partial charge in [0.05, 0.1) is 23.9 Å². The van der Waals surface area contributed by atoms with Gasteiger partial charge in [-0.05, 0) is 103 Å². The topological polar surface area (TPSA) is 82.9 Å². The lowest BCUT2D eigenvalue weighted by atomic mass is 9.92. The number of hydrogen-bond acceptors (Lipinski definition) is 6. The van der Waals surface area contributed by atoms with E-state index in [0.29, 0.717) is 19.5 Å². The molecule has 0 saturated carbocycles. The van der Waals surface area contributed by atoms with E-state index in [2.05, 4.69) is 51.7 Å². The number of ether oxygens (including phenoxy) is 3. The van der Waals surface area contributed by atoms with Crippen molar-refractivity contribution in [2.75, 3.05) is 20.2 Å². The highest BCUT2D eigenvalue weighted by Gasteiger charge is 2.33. The van der Waals surface area contributed by atoms with Crippen molar-refractivity contribution in [3.63, 3.8) is 0 Å². The number of hydrogen-bond donors (Lipinski definition) is 0. The van der Waals surface area contributed by atoms with Crippen LogP contribution in [0.2, 0.25) is 0 Å². The highest BCUT2D eigenvalue weighted by Crippen LogP contribution is 2.40. The zero-order valence-corrected chi connectivity index (χ0v) is 28.4. The van der Waals surface area contributed by atoms with E-state index < -0.39 is 11.2 Å². The molecule has 3 heterocycles. The van der Waals surface area contributed by atoms with Crippen molar-refractivity contribution in [1.82, 2.24) is 14.5 Å². The highest BCUT2D eigenvalue weighted by molar-refractivity contribution is 9.10. The highest BCUT2D eigenvalue weighted by atomic mass is 79.9. The number of fused-ring (bicyclic) bond motifs is 1. The Balaban J connectivity index is 1.61.